The maximum Gasteiger partial charge on any atom is 0.412 e. The summed E-state index contributed by atoms with van der Waals surface area (Å²) in [6, 6.07) is 5.99. The molecule has 1 aliphatic rings. The zero-order valence-corrected chi connectivity index (χ0v) is 14.5. The molecule has 0 saturated carbocycles. The molecule has 0 amide bonds. The smallest absolute Gasteiger partial charge is 0.403 e. The SMILES string of the molecule is CC[N+](CC)(CC)SC(=S)NCc1ccc2c(c1)OC[O+]2. The van der Waals surface area contributed by atoms with Crippen LogP contribution in [0.4, 0.5) is 0 Å². The molecule has 1 radical (unpaired) electrons. The molecule has 115 valence electrons. The summed E-state index contributed by atoms with van der Waals surface area (Å²) in [5.41, 5.74) is 1.14. The lowest BCUT2D eigenvalue weighted by Gasteiger charge is -2.32. The molecule has 1 aromatic carbocycles. The molecular formula is C15H23N2O2S2+2. The molecule has 2 rings (SSSR count). The topological polar surface area (TPSA) is 32.6 Å². The van der Waals surface area contributed by atoms with Crippen molar-refractivity contribution in [1.29, 1.82) is 0 Å². The number of hydrogen-bond donors (Lipinski definition) is 1. The van der Waals surface area contributed by atoms with E-state index in [1.807, 2.05) is 18.2 Å². The van der Waals surface area contributed by atoms with E-state index in [-0.39, 0.29) is 0 Å². The molecule has 0 saturated heterocycles. The van der Waals surface area contributed by atoms with Gasteiger partial charge in [0, 0.05) is 12.6 Å². The third-order valence-corrected chi connectivity index (χ3v) is 5.72. The van der Waals surface area contributed by atoms with Crippen molar-refractivity contribution in [3.05, 3.63) is 23.8 Å². The van der Waals surface area contributed by atoms with Crippen molar-refractivity contribution in [1.82, 2.24) is 5.32 Å². The second-order valence-corrected chi connectivity index (χ2v) is 6.96. The first-order chi connectivity index (χ1) is 10.1. The number of hydrogen-bond acceptors (Lipinski definition) is 4. The second-order valence-electron chi connectivity index (χ2n) is 4.93. The van der Waals surface area contributed by atoms with Crippen molar-refractivity contribution in [2.24, 2.45) is 0 Å². The van der Waals surface area contributed by atoms with E-state index in [9.17, 15) is 0 Å². The summed E-state index contributed by atoms with van der Waals surface area (Å²) in [4.78, 5) is 0. The molecular weight excluding hydrogens is 304 g/mol. The lowest BCUT2D eigenvalue weighted by atomic mass is 10.2. The maximum absolute atomic E-state index is 5.48. The molecule has 1 aliphatic heterocycles. The van der Waals surface area contributed by atoms with Crippen LogP contribution in [-0.2, 0) is 6.54 Å². The second kappa shape index (κ2) is 7.33. The predicted molar refractivity (Wildman–Crippen MR) is 91.5 cm³/mol. The van der Waals surface area contributed by atoms with Gasteiger partial charge in [0.2, 0.25) is 5.75 Å². The molecule has 4 nitrogen and oxygen atoms in total. The van der Waals surface area contributed by atoms with Crippen LogP contribution in [0.3, 0.4) is 0 Å². The van der Waals surface area contributed by atoms with Gasteiger partial charge >= 0.3 is 12.5 Å². The maximum atomic E-state index is 5.48. The van der Waals surface area contributed by atoms with Crippen molar-refractivity contribution < 1.29 is 13.4 Å². The number of ether oxygens (including phenoxy) is 2. The average molecular weight is 327 g/mol. The highest BCUT2D eigenvalue weighted by Gasteiger charge is 2.27. The molecule has 0 bridgehead atoms. The Morgan fingerprint density at radius 3 is 2.71 bits per heavy atom. The summed E-state index contributed by atoms with van der Waals surface area (Å²) in [5, 5.41) is 3.33. The van der Waals surface area contributed by atoms with Crippen molar-refractivity contribution in [3.8, 4) is 11.5 Å². The largest absolute Gasteiger partial charge is 0.412 e. The van der Waals surface area contributed by atoms with Crippen molar-refractivity contribution in [2.45, 2.75) is 27.3 Å². The fraction of sp³-hybridized carbons (Fsp3) is 0.533. The number of rotatable bonds is 6. The minimum absolute atomic E-state index is 0.310. The number of nitrogens with zero attached hydrogens (tertiary/aromatic N) is 1. The van der Waals surface area contributed by atoms with Gasteiger partial charge in [-0.05, 0) is 50.7 Å². The highest BCUT2D eigenvalue weighted by atomic mass is 32.2. The quantitative estimate of drug-likeness (QED) is 0.375. The zero-order chi connectivity index (χ0) is 15.3. The van der Waals surface area contributed by atoms with Crippen LogP contribution in [0.25, 0.3) is 0 Å². The van der Waals surface area contributed by atoms with Gasteiger partial charge in [0.15, 0.2) is 4.32 Å². The van der Waals surface area contributed by atoms with Crippen LogP contribution in [-0.4, -0.2) is 34.6 Å². The normalized spacial score (nSPS) is 13.3. The zero-order valence-electron chi connectivity index (χ0n) is 12.8. The van der Waals surface area contributed by atoms with E-state index in [1.165, 1.54) is 0 Å². The lowest BCUT2D eigenvalue weighted by molar-refractivity contribution is -0.788. The van der Waals surface area contributed by atoms with Crippen LogP contribution >= 0.6 is 24.2 Å². The Hall–Kier alpha value is -0.980. The first-order valence-corrected chi connectivity index (χ1v) is 8.52. The van der Waals surface area contributed by atoms with Crippen LogP contribution in [0.15, 0.2) is 18.2 Å². The monoisotopic (exact) mass is 327 g/mol. The molecule has 0 fully saturated rings. The molecule has 0 spiro atoms. The minimum atomic E-state index is 0.310. The summed E-state index contributed by atoms with van der Waals surface area (Å²) < 4.78 is 12.5. The average Bonchev–Trinajstić information content (AvgIpc) is 2.98. The van der Waals surface area contributed by atoms with E-state index in [1.54, 1.807) is 11.9 Å². The number of nitrogens with one attached hydrogen (secondary N) is 1. The highest BCUT2D eigenvalue weighted by Crippen LogP contribution is 2.32. The fourth-order valence-electron chi connectivity index (χ4n) is 2.30. The first-order valence-electron chi connectivity index (χ1n) is 7.34. The molecule has 21 heavy (non-hydrogen) atoms. The number of quaternary nitrogens is 1. The summed E-state index contributed by atoms with van der Waals surface area (Å²) >= 11 is 7.22. The Balaban J connectivity index is 1.89. The van der Waals surface area contributed by atoms with Gasteiger partial charge in [-0.15, -0.1) is 0 Å². The summed E-state index contributed by atoms with van der Waals surface area (Å²) in [5.74, 6) is 1.63. The van der Waals surface area contributed by atoms with E-state index >= 15 is 0 Å². The Morgan fingerprint density at radius 1 is 1.33 bits per heavy atom. The lowest BCUT2D eigenvalue weighted by Crippen LogP contribution is -2.43. The van der Waals surface area contributed by atoms with E-state index in [2.05, 4.69) is 26.1 Å². The van der Waals surface area contributed by atoms with Crippen molar-refractivity contribution in [3.63, 3.8) is 0 Å². The van der Waals surface area contributed by atoms with Gasteiger partial charge < -0.3 is 10.1 Å². The van der Waals surface area contributed by atoms with Gasteiger partial charge in [0.1, 0.15) is 11.9 Å². The Kier molecular flexibility index (Phi) is 5.72. The van der Waals surface area contributed by atoms with E-state index < -0.39 is 0 Å². The molecule has 1 aromatic rings. The van der Waals surface area contributed by atoms with Crippen LogP contribution < -0.4 is 14.8 Å². The summed E-state index contributed by atoms with van der Waals surface area (Å²) in [6.45, 7) is 10.9. The Labute approximate surface area is 136 Å². The molecule has 0 aliphatic carbocycles. The fourth-order valence-corrected chi connectivity index (χ4v) is 3.72. The summed E-state index contributed by atoms with van der Waals surface area (Å²) in [6.07, 6.45) is 0. The molecule has 0 atom stereocenters. The van der Waals surface area contributed by atoms with E-state index in [4.69, 9.17) is 21.7 Å². The number of fused-ring (bicyclic) bond motifs is 1. The third-order valence-electron chi connectivity index (χ3n) is 3.88. The standard InChI is InChI=1S/C15H22N2O2S2/c1-4-17(5-2,6-3)21-15(20)16-10-12-7-8-13-14(9-12)19-11-18-13/h7-9H,4-6,10-11H2,1-3H3/q+1/p+1. The third kappa shape index (κ3) is 4.02. The molecule has 0 aromatic heterocycles. The highest BCUT2D eigenvalue weighted by molar-refractivity contribution is 8.19. The van der Waals surface area contributed by atoms with E-state index in [0.29, 0.717) is 13.3 Å². The minimum Gasteiger partial charge on any atom is -0.403 e. The molecule has 0 unspecified atom stereocenters. The predicted octanol–water partition coefficient (Wildman–Crippen LogP) is 3.31. The molecule has 1 N–H and O–H groups in total. The summed E-state index contributed by atoms with van der Waals surface area (Å²) in [7, 11) is 0. The van der Waals surface area contributed by atoms with Crippen LogP contribution in [0, 0.1) is 0 Å². The number of benzene rings is 1. The van der Waals surface area contributed by atoms with Crippen LogP contribution in [0.5, 0.6) is 11.5 Å². The Bertz CT molecular complexity index is 496. The van der Waals surface area contributed by atoms with Gasteiger partial charge in [-0.25, -0.2) is 4.74 Å². The van der Waals surface area contributed by atoms with Crippen molar-refractivity contribution >= 4 is 28.5 Å². The Morgan fingerprint density at radius 2 is 2.05 bits per heavy atom. The van der Waals surface area contributed by atoms with Crippen LogP contribution in [0.1, 0.15) is 26.3 Å². The van der Waals surface area contributed by atoms with Crippen molar-refractivity contribution in [2.75, 3.05) is 26.4 Å². The van der Waals surface area contributed by atoms with Gasteiger partial charge in [-0.3, -0.25) is 3.89 Å². The molecule has 1 heterocycles. The molecule has 6 heteroatoms. The van der Waals surface area contributed by atoms with Gasteiger partial charge in [0.25, 0.3) is 0 Å². The number of thiocarbonyl (C=S) groups is 1. The van der Waals surface area contributed by atoms with E-state index in [0.717, 1.165) is 44.9 Å². The van der Waals surface area contributed by atoms with Gasteiger partial charge in [0.05, 0.1) is 19.6 Å². The first kappa shape index (κ1) is 16.4. The van der Waals surface area contributed by atoms with Crippen LogP contribution in [0.2, 0.25) is 0 Å². The van der Waals surface area contributed by atoms with Gasteiger partial charge in [-0.1, -0.05) is 0 Å². The van der Waals surface area contributed by atoms with Gasteiger partial charge in [-0.2, -0.15) is 0 Å².